The molecule has 2 aromatic carbocycles. The van der Waals surface area contributed by atoms with Gasteiger partial charge in [-0.1, -0.05) is 30.3 Å². The van der Waals surface area contributed by atoms with Crippen molar-refractivity contribution < 1.29 is 19.4 Å². The molecule has 7 nitrogen and oxygen atoms in total. The van der Waals surface area contributed by atoms with Crippen LogP contribution in [0.5, 0.6) is 5.75 Å². The van der Waals surface area contributed by atoms with Gasteiger partial charge in [0, 0.05) is 56.8 Å². The number of hydrogen-bond acceptors (Lipinski definition) is 6. The standard InChI is InChI=1S/C32H45N3O4/c1-5-17-34-22-25(4)35(23-24(34)3)31(26-13-15-27(16-14-26)32(37)33(6-2)18-19-36)28-10-9-11-29(21-28)39-30-12-7-8-20-38-30/h5,9-11,13-16,21,24-25,30-31,36H,1,6-8,12,17-20,22-23H2,2-4H3/t24-,25+,30?,31-/m1/s1. The van der Waals surface area contributed by atoms with Crippen LogP contribution in [0.15, 0.2) is 61.2 Å². The molecule has 2 saturated heterocycles. The lowest BCUT2D eigenvalue weighted by Crippen LogP contribution is -2.57. The number of benzene rings is 2. The molecule has 1 unspecified atom stereocenters. The van der Waals surface area contributed by atoms with Gasteiger partial charge in [-0.05, 0) is 69.0 Å². The zero-order valence-electron chi connectivity index (χ0n) is 23.8. The van der Waals surface area contributed by atoms with Crippen molar-refractivity contribution in [3.63, 3.8) is 0 Å². The number of aliphatic hydroxyl groups excluding tert-OH is 1. The van der Waals surface area contributed by atoms with Crippen LogP contribution in [0, 0.1) is 0 Å². The van der Waals surface area contributed by atoms with Gasteiger partial charge in [0.1, 0.15) is 5.75 Å². The van der Waals surface area contributed by atoms with Crippen molar-refractivity contribution in [3.05, 3.63) is 77.9 Å². The molecule has 0 saturated carbocycles. The van der Waals surface area contributed by atoms with Gasteiger partial charge in [0.15, 0.2) is 6.29 Å². The molecule has 7 heteroatoms. The molecule has 2 heterocycles. The molecule has 4 atom stereocenters. The molecular formula is C32H45N3O4. The number of hydrogen-bond donors (Lipinski definition) is 1. The van der Waals surface area contributed by atoms with E-state index in [0.29, 0.717) is 30.7 Å². The summed E-state index contributed by atoms with van der Waals surface area (Å²) in [4.78, 5) is 19.7. The van der Waals surface area contributed by atoms with E-state index in [2.05, 4.69) is 60.6 Å². The van der Waals surface area contributed by atoms with Crippen LogP contribution >= 0.6 is 0 Å². The number of piperazine rings is 1. The first-order valence-corrected chi connectivity index (χ1v) is 14.4. The number of nitrogens with zero attached hydrogens (tertiary/aromatic N) is 3. The Morgan fingerprint density at radius 3 is 2.62 bits per heavy atom. The average molecular weight is 536 g/mol. The smallest absolute Gasteiger partial charge is 0.253 e. The van der Waals surface area contributed by atoms with E-state index in [9.17, 15) is 9.90 Å². The quantitative estimate of drug-likeness (QED) is 0.420. The van der Waals surface area contributed by atoms with Crippen molar-refractivity contribution in [2.45, 2.75) is 64.4 Å². The summed E-state index contributed by atoms with van der Waals surface area (Å²) >= 11 is 0. The van der Waals surface area contributed by atoms with Crippen molar-refractivity contribution in [3.8, 4) is 5.75 Å². The van der Waals surface area contributed by atoms with Gasteiger partial charge in [-0.25, -0.2) is 0 Å². The Hall–Kier alpha value is -2.71. The fourth-order valence-corrected chi connectivity index (χ4v) is 5.81. The molecule has 0 spiro atoms. The second kappa shape index (κ2) is 14.1. The molecule has 212 valence electrons. The van der Waals surface area contributed by atoms with Gasteiger partial charge in [-0.3, -0.25) is 14.6 Å². The molecule has 0 bridgehead atoms. The summed E-state index contributed by atoms with van der Waals surface area (Å²) in [5.41, 5.74) is 2.93. The lowest BCUT2D eigenvalue weighted by Gasteiger charge is -2.47. The summed E-state index contributed by atoms with van der Waals surface area (Å²) in [5, 5.41) is 9.35. The third-order valence-corrected chi connectivity index (χ3v) is 7.95. The first kappa shape index (κ1) is 29.3. The maximum Gasteiger partial charge on any atom is 0.253 e. The summed E-state index contributed by atoms with van der Waals surface area (Å²) < 4.78 is 12.1. The van der Waals surface area contributed by atoms with Crippen LogP contribution in [0.3, 0.4) is 0 Å². The summed E-state index contributed by atoms with van der Waals surface area (Å²) in [6, 6.07) is 17.1. The lowest BCUT2D eigenvalue weighted by molar-refractivity contribution is -0.105. The van der Waals surface area contributed by atoms with Crippen LogP contribution in [0.25, 0.3) is 0 Å². The minimum Gasteiger partial charge on any atom is -0.465 e. The maximum atomic E-state index is 13.0. The predicted octanol–water partition coefficient (Wildman–Crippen LogP) is 4.72. The number of carbonyl (C=O) groups is 1. The Morgan fingerprint density at radius 2 is 1.95 bits per heavy atom. The SMILES string of the molecule is C=CCN1C[C@H](C)N([C@H](c2ccc(C(=O)N(CC)CCO)cc2)c2cccc(OC3CCCCO3)c2)C[C@H]1C. The third kappa shape index (κ3) is 7.28. The number of aliphatic hydroxyl groups is 1. The largest absolute Gasteiger partial charge is 0.465 e. The third-order valence-electron chi connectivity index (χ3n) is 7.95. The zero-order chi connectivity index (χ0) is 27.8. The van der Waals surface area contributed by atoms with Crippen LogP contribution in [-0.4, -0.2) is 90.0 Å². The molecule has 2 aliphatic heterocycles. The first-order chi connectivity index (χ1) is 18.9. The first-order valence-electron chi connectivity index (χ1n) is 14.4. The zero-order valence-corrected chi connectivity index (χ0v) is 23.8. The van der Waals surface area contributed by atoms with Crippen LogP contribution in [0.4, 0.5) is 0 Å². The molecule has 0 aromatic heterocycles. The molecule has 39 heavy (non-hydrogen) atoms. The van der Waals surface area contributed by atoms with E-state index in [1.165, 1.54) is 0 Å². The van der Waals surface area contributed by atoms with Crippen molar-refractivity contribution in [2.75, 3.05) is 45.9 Å². The van der Waals surface area contributed by atoms with Crippen molar-refractivity contribution in [2.24, 2.45) is 0 Å². The molecule has 2 aromatic rings. The minimum absolute atomic E-state index is 0.00743. The van der Waals surface area contributed by atoms with Gasteiger partial charge in [0.25, 0.3) is 5.91 Å². The average Bonchev–Trinajstić information content (AvgIpc) is 2.95. The summed E-state index contributed by atoms with van der Waals surface area (Å²) in [7, 11) is 0. The van der Waals surface area contributed by atoms with E-state index in [-0.39, 0.29) is 24.8 Å². The van der Waals surface area contributed by atoms with E-state index < -0.39 is 0 Å². The Morgan fingerprint density at radius 1 is 1.15 bits per heavy atom. The summed E-state index contributed by atoms with van der Waals surface area (Å²) in [6.07, 6.45) is 4.91. The Kier molecular flexibility index (Phi) is 10.6. The number of rotatable bonds is 11. The summed E-state index contributed by atoms with van der Waals surface area (Å²) in [6.45, 7) is 14.8. The highest BCUT2D eigenvalue weighted by molar-refractivity contribution is 5.94. The Bertz CT molecular complexity index is 1070. The van der Waals surface area contributed by atoms with Gasteiger partial charge in [0.05, 0.1) is 19.3 Å². The second-order valence-corrected chi connectivity index (χ2v) is 10.8. The maximum absolute atomic E-state index is 13.0. The van der Waals surface area contributed by atoms with Crippen molar-refractivity contribution in [1.82, 2.24) is 14.7 Å². The highest BCUT2D eigenvalue weighted by Crippen LogP contribution is 2.35. The number of likely N-dealkylation sites (N-methyl/N-ethyl adjacent to an activating group) is 1. The molecule has 1 amide bonds. The van der Waals surface area contributed by atoms with Gasteiger partial charge in [-0.2, -0.15) is 0 Å². The normalized spacial score (nSPS) is 23.2. The molecule has 1 N–H and O–H groups in total. The van der Waals surface area contributed by atoms with Crippen LogP contribution in [0.2, 0.25) is 0 Å². The molecule has 4 rings (SSSR count). The number of ether oxygens (including phenoxy) is 2. The van der Waals surface area contributed by atoms with Crippen LogP contribution < -0.4 is 4.74 Å². The Balaban J connectivity index is 1.65. The molecule has 0 aliphatic carbocycles. The minimum atomic E-state index is -0.195. The highest BCUT2D eigenvalue weighted by Gasteiger charge is 2.34. The van der Waals surface area contributed by atoms with E-state index in [4.69, 9.17) is 9.47 Å². The summed E-state index contributed by atoms with van der Waals surface area (Å²) in [5.74, 6) is 0.766. The predicted molar refractivity (Wildman–Crippen MR) is 155 cm³/mol. The van der Waals surface area contributed by atoms with E-state index in [0.717, 1.165) is 62.4 Å². The van der Waals surface area contributed by atoms with Crippen molar-refractivity contribution >= 4 is 5.91 Å². The van der Waals surface area contributed by atoms with E-state index >= 15 is 0 Å². The van der Waals surface area contributed by atoms with Crippen LogP contribution in [-0.2, 0) is 4.74 Å². The second-order valence-electron chi connectivity index (χ2n) is 10.8. The highest BCUT2D eigenvalue weighted by atomic mass is 16.7. The fraction of sp³-hybridized carbons (Fsp3) is 0.531. The molecule has 0 radical (unpaired) electrons. The Labute approximate surface area is 234 Å². The van der Waals surface area contributed by atoms with Gasteiger partial charge in [0.2, 0.25) is 0 Å². The number of carbonyl (C=O) groups excluding carboxylic acids is 1. The molecule has 2 fully saturated rings. The van der Waals surface area contributed by atoms with Crippen LogP contribution in [0.1, 0.15) is 67.6 Å². The monoisotopic (exact) mass is 535 g/mol. The lowest BCUT2D eigenvalue weighted by atomic mass is 9.92. The van der Waals surface area contributed by atoms with Gasteiger partial charge >= 0.3 is 0 Å². The van der Waals surface area contributed by atoms with E-state index in [1.54, 1.807) is 4.90 Å². The number of amides is 1. The molecule has 2 aliphatic rings. The fourth-order valence-electron chi connectivity index (χ4n) is 5.81. The topological polar surface area (TPSA) is 65.5 Å². The molecular weight excluding hydrogens is 490 g/mol. The van der Waals surface area contributed by atoms with Gasteiger partial charge < -0.3 is 19.5 Å². The van der Waals surface area contributed by atoms with Gasteiger partial charge in [-0.15, -0.1) is 6.58 Å². The van der Waals surface area contributed by atoms with E-state index in [1.807, 2.05) is 31.2 Å². The van der Waals surface area contributed by atoms with Crippen molar-refractivity contribution in [1.29, 1.82) is 0 Å².